The lowest BCUT2D eigenvalue weighted by molar-refractivity contribution is 0.0780. The third kappa shape index (κ3) is 5.29. The maximum absolute atomic E-state index is 13.5. The number of nitrogens with zero attached hydrogens (tertiary/aromatic N) is 1. The summed E-state index contributed by atoms with van der Waals surface area (Å²) < 4.78 is 19.2. The Bertz CT molecular complexity index is 558. The average Bonchev–Trinajstić information content (AvgIpc) is 2.43. The summed E-state index contributed by atoms with van der Waals surface area (Å²) in [6.45, 7) is 5.76. The van der Waals surface area contributed by atoms with Crippen molar-refractivity contribution >= 4 is 27.9 Å². The van der Waals surface area contributed by atoms with E-state index in [4.69, 9.17) is 4.74 Å². The smallest absolute Gasteiger partial charge is 0.409 e. The SMILES string of the molecule is CN(C(=O)OCCNC(=O)c1cc(Br)ccc1F)C(C)(C)C. The lowest BCUT2D eigenvalue weighted by Crippen LogP contribution is -2.43. The van der Waals surface area contributed by atoms with Gasteiger partial charge < -0.3 is 15.0 Å². The fraction of sp³-hybridized carbons (Fsp3) is 0.467. The van der Waals surface area contributed by atoms with Crippen molar-refractivity contribution in [3.8, 4) is 0 Å². The first-order valence-corrected chi connectivity index (χ1v) is 7.56. The summed E-state index contributed by atoms with van der Waals surface area (Å²) >= 11 is 3.18. The number of hydrogen-bond donors (Lipinski definition) is 1. The highest BCUT2D eigenvalue weighted by Crippen LogP contribution is 2.15. The monoisotopic (exact) mass is 374 g/mol. The van der Waals surface area contributed by atoms with Crippen molar-refractivity contribution in [3.05, 3.63) is 34.1 Å². The van der Waals surface area contributed by atoms with Gasteiger partial charge in [-0.1, -0.05) is 15.9 Å². The highest BCUT2D eigenvalue weighted by atomic mass is 79.9. The second-order valence-electron chi connectivity index (χ2n) is 5.72. The minimum atomic E-state index is -0.606. The van der Waals surface area contributed by atoms with E-state index in [0.717, 1.165) is 0 Å². The number of halogens is 2. The largest absolute Gasteiger partial charge is 0.448 e. The molecule has 1 rings (SSSR count). The Morgan fingerprint density at radius 3 is 2.59 bits per heavy atom. The molecule has 1 N–H and O–H groups in total. The fourth-order valence-corrected chi connectivity index (χ4v) is 1.80. The third-order valence-corrected chi connectivity index (χ3v) is 3.56. The van der Waals surface area contributed by atoms with Crippen LogP contribution >= 0.6 is 15.9 Å². The van der Waals surface area contributed by atoms with Crippen molar-refractivity contribution in [2.75, 3.05) is 20.2 Å². The van der Waals surface area contributed by atoms with Crippen molar-refractivity contribution in [3.63, 3.8) is 0 Å². The van der Waals surface area contributed by atoms with Gasteiger partial charge >= 0.3 is 6.09 Å². The molecule has 0 spiro atoms. The molecule has 0 aromatic heterocycles. The first-order valence-electron chi connectivity index (χ1n) is 6.77. The van der Waals surface area contributed by atoms with Crippen molar-refractivity contribution in [1.82, 2.24) is 10.2 Å². The van der Waals surface area contributed by atoms with Gasteiger partial charge in [-0.05, 0) is 39.0 Å². The number of carbonyl (C=O) groups is 2. The highest BCUT2D eigenvalue weighted by molar-refractivity contribution is 9.10. The second kappa shape index (κ2) is 7.58. The molecule has 7 heteroatoms. The number of amides is 2. The fourth-order valence-electron chi connectivity index (χ4n) is 1.44. The normalized spacial score (nSPS) is 11.0. The van der Waals surface area contributed by atoms with Gasteiger partial charge in [0, 0.05) is 17.1 Å². The van der Waals surface area contributed by atoms with Gasteiger partial charge in [0.2, 0.25) is 0 Å². The number of benzene rings is 1. The van der Waals surface area contributed by atoms with E-state index in [-0.39, 0.29) is 24.3 Å². The first kappa shape index (κ1) is 18.4. The van der Waals surface area contributed by atoms with Gasteiger partial charge in [0.25, 0.3) is 5.91 Å². The minimum absolute atomic E-state index is 0.0145. The second-order valence-corrected chi connectivity index (χ2v) is 6.64. The molecule has 0 aliphatic rings. The standard InChI is InChI=1S/C15H20BrFN2O3/c1-15(2,3)19(4)14(21)22-8-7-18-13(20)11-9-10(16)5-6-12(11)17/h5-6,9H,7-8H2,1-4H3,(H,18,20). The predicted molar refractivity (Wildman–Crippen MR) is 85.3 cm³/mol. The van der Waals surface area contributed by atoms with Crippen LogP contribution in [0, 0.1) is 5.82 Å². The van der Waals surface area contributed by atoms with E-state index in [1.165, 1.54) is 23.1 Å². The van der Waals surface area contributed by atoms with Crippen LogP contribution in [0.2, 0.25) is 0 Å². The maximum atomic E-state index is 13.5. The molecular formula is C15H20BrFN2O3. The summed E-state index contributed by atoms with van der Waals surface area (Å²) in [4.78, 5) is 25.0. The number of ether oxygens (including phenoxy) is 1. The summed E-state index contributed by atoms with van der Waals surface area (Å²) in [5.41, 5.74) is -0.410. The van der Waals surface area contributed by atoms with E-state index in [2.05, 4.69) is 21.2 Å². The van der Waals surface area contributed by atoms with Crippen LogP contribution in [0.25, 0.3) is 0 Å². The molecule has 0 saturated carbocycles. The zero-order valence-corrected chi connectivity index (χ0v) is 14.7. The Kier molecular flexibility index (Phi) is 6.34. The summed E-state index contributed by atoms with van der Waals surface area (Å²) in [6, 6.07) is 4.11. The number of hydrogen-bond acceptors (Lipinski definition) is 3. The van der Waals surface area contributed by atoms with Crippen LogP contribution in [0.5, 0.6) is 0 Å². The molecule has 5 nitrogen and oxygen atoms in total. The first-order chi connectivity index (χ1) is 10.1. The van der Waals surface area contributed by atoms with Gasteiger partial charge in [-0.25, -0.2) is 9.18 Å². The van der Waals surface area contributed by atoms with Crippen LogP contribution in [-0.4, -0.2) is 42.6 Å². The van der Waals surface area contributed by atoms with Gasteiger partial charge in [0.15, 0.2) is 0 Å². The summed E-state index contributed by atoms with van der Waals surface area (Å²) in [5, 5.41) is 2.50. The quantitative estimate of drug-likeness (QED) is 0.823. The van der Waals surface area contributed by atoms with Gasteiger partial charge in [-0.3, -0.25) is 4.79 Å². The van der Waals surface area contributed by atoms with Gasteiger partial charge in [-0.2, -0.15) is 0 Å². The molecule has 1 aromatic rings. The van der Waals surface area contributed by atoms with Crippen LogP contribution in [0.3, 0.4) is 0 Å². The Morgan fingerprint density at radius 1 is 1.36 bits per heavy atom. The Hall–Kier alpha value is -1.63. The molecule has 0 aliphatic carbocycles. The van der Waals surface area contributed by atoms with Crippen molar-refractivity contribution in [2.24, 2.45) is 0 Å². The topological polar surface area (TPSA) is 58.6 Å². The molecule has 0 radical (unpaired) electrons. The molecule has 0 bridgehead atoms. The van der Waals surface area contributed by atoms with Crippen molar-refractivity contribution < 1.29 is 18.7 Å². The summed E-state index contributed by atoms with van der Waals surface area (Å²) in [5.74, 6) is -1.16. The predicted octanol–water partition coefficient (Wildman–Crippen LogP) is 3.18. The Labute approximate surface area is 137 Å². The van der Waals surface area contributed by atoms with Gasteiger partial charge in [-0.15, -0.1) is 0 Å². The minimum Gasteiger partial charge on any atom is -0.448 e. The van der Waals surface area contributed by atoms with E-state index in [0.29, 0.717) is 4.47 Å². The molecule has 2 amide bonds. The molecule has 22 heavy (non-hydrogen) atoms. The molecule has 0 heterocycles. The van der Waals surface area contributed by atoms with E-state index in [1.54, 1.807) is 7.05 Å². The van der Waals surface area contributed by atoms with Crippen LogP contribution in [0.1, 0.15) is 31.1 Å². The molecule has 0 unspecified atom stereocenters. The van der Waals surface area contributed by atoms with E-state index in [1.807, 2.05) is 20.8 Å². The van der Waals surface area contributed by atoms with E-state index in [9.17, 15) is 14.0 Å². The maximum Gasteiger partial charge on any atom is 0.409 e. The Morgan fingerprint density at radius 2 is 2.00 bits per heavy atom. The molecule has 0 fully saturated rings. The highest BCUT2D eigenvalue weighted by Gasteiger charge is 2.23. The van der Waals surface area contributed by atoms with Crippen LogP contribution in [-0.2, 0) is 4.74 Å². The molecule has 0 saturated heterocycles. The van der Waals surface area contributed by atoms with Crippen molar-refractivity contribution in [1.29, 1.82) is 0 Å². The van der Waals surface area contributed by atoms with E-state index < -0.39 is 17.8 Å². The molecule has 1 aromatic carbocycles. The molecule has 122 valence electrons. The lowest BCUT2D eigenvalue weighted by atomic mass is 10.1. The summed E-state index contributed by atoms with van der Waals surface area (Å²) in [6.07, 6.45) is -0.476. The average molecular weight is 375 g/mol. The summed E-state index contributed by atoms with van der Waals surface area (Å²) in [7, 11) is 1.64. The van der Waals surface area contributed by atoms with Crippen molar-refractivity contribution in [2.45, 2.75) is 26.3 Å². The third-order valence-electron chi connectivity index (χ3n) is 3.07. The number of rotatable bonds is 4. The number of carbonyl (C=O) groups excluding carboxylic acids is 2. The van der Waals surface area contributed by atoms with Gasteiger partial charge in [0.1, 0.15) is 12.4 Å². The van der Waals surface area contributed by atoms with Gasteiger partial charge in [0.05, 0.1) is 12.1 Å². The molecule has 0 aliphatic heterocycles. The Balaban J connectivity index is 2.43. The zero-order chi connectivity index (χ0) is 16.9. The van der Waals surface area contributed by atoms with Crippen LogP contribution in [0.15, 0.2) is 22.7 Å². The lowest BCUT2D eigenvalue weighted by Gasteiger charge is -2.30. The zero-order valence-electron chi connectivity index (χ0n) is 13.1. The van der Waals surface area contributed by atoms with Crippen LogP contribution in [0.4, 0.5) is 9.18 Å². The van der Waals surface area contributed by atoms with E-state index >= 15 is 0 Å². The molecular weight excluding hydrogens is 355 g/mol. The molecule has 0 atom stereocenters. The number of nitrogens with one attached hydrogen (secondary N) is 1. The van der Waals surface area contributed by atoms with Crippen LogP contribution < -0.4 is 5.32 Å².